The number of hydrogen-bond acceptors (Lipinski definition) is 3. The van der Waals surface area contributed by atoms with Crippen molar-refractivity contribution >= 4 is 0 Å². The number of aromatic nitrogens is 3. The summed E-state index contributed by atoms with van der Waals surface area (Å²) in [6.07, 6.45) is 0. The fraction of sp³-hybridized carbons (Fsp3) is 0.0172. The molecule has 10 aromatic rings. The Morgan fingerprint density at radius 2 is 0.541 bits per heavy atom. The molecule has 0 unspecified atom stereocenters. The van der Waals surface area contributed by atoms with E-state index in [2.05, 4.69) is 212 Å². The van der Waals surface area contributed by atoms with Crippen molar-refractivity contribution in [1.82, 2.24) is 15.0 Å². The minimum Gasteiger partial charge on any atom is -0.208 e. The van der Waals surface area contributed by atoms with E-state index in [0.717, 1.165) is 38.9 Å². The van der Waals surface area contributed by atoms with E-state index in [1.54, 1.807) is 0 Å². The minimum absolute atomic E-state index is 0.554. The summed E-state index contributed by atoms with van der Waals surface area (Å²) in [5.74, 6) is 1.89. The molecular formula is C58H37N3. The molecule has 2 aliphatic rings. The largest absolute Gasteiger partial charge is 0.208 e. The maximum absolute atomic E-state index is 5.29. The minimum atomic E-state index is -0.554. The zero-order valence-corrected chi connectivity index (χ0v) is 33.2. The van der Waals surface area contributed by atoms with Crippen molar-refractivity contribution in [1.29, 1.82) is 0 Å². The summed E-state index contributed by atoms with van der Waals surface area (Å²) >= 11 is 0. The lowest BCUT2D eigenvalue weighted by molar-refractivity contribution is 0.775. The van der Waals surface area contributed by atoms with Gasteiger partial charge in [-0.2, -0.15) is 0 Å². The van der Waals surface area contributed by atoms with Crippen LogP contribution in [0.15, 0.2) is 224 Å². The molecule has 2 aliphatic carbocycles. The maximum Gasteiger partial charge on any atom is 0.164 e. The molecule has 0 bridgehead atoms. The molecule has 1 aromatic heterocycles. The van der Waals surface area contributed by atoms with Crippen LogP contribution in [0.25, 0.3) is 89.8 Å². The van der Waals surface area contributed by atoms with Gasteiger partial charge in [0.15, 0.2) is 17.5 Å². The first-order valence-electron chi connectivity index (χ1n) is 20.9. The van der Waals surface area contributed by atoms with Gasteiger partial charge in [0.25, 0.3) is 0 Å². The number of hydrogen-bond donors (Lipinski definition) is 0. The van der Waals surface area contributed by atoms with Crippen molar-refractivity contribution in [3.8, 4) is 89.8 Å². The zero-order valence-electron chi connectivity index (χ0n) is 33.2. The molecule has 12 rings (SSSR count). The summed E-state index contributed by atoms with van der Waals surface area (Å²) < 4.78 is 0. The second-order valence-corrected chi connectivity index (χ2v) is 15.9. The fourth-order valence-electron chi connectivity index (χ4n) is 9.89. The average Bonchev–Trinajstić information content (AvgIpc) is 3.58. The van der Waals surface area contributed by atoms with E-state index >= 15 is 0 Å². The highest BCUT2D eigenvalue weighted by molar-refractivity contribution is 5.97. The molecule has 3 heteroatoms. The molecule has 9 aromatic carbocycles. The summed E-state index contributed by atoms with van der Waals surface area (Å²) in [5, 5.41) is 0. The Balaban J connectivity index is 1.08. The molecule has 3 nitrogen and oxygen atoms in total. The summed E-state index contributed by atoms with van der Waals surface area (Å²) in [6.45, 7) is 0. The van der Waals surface area contributed by atoms with Crippen LogP contribution in [-0.2, 0) is 5.41 Å². The first-order valence-corrected chi connectivity index (χ1v) is 20.9. The third kappa shape index (κ3) is 5.55. The van der Waals surface area contributed by atoms with Crippen LogP contribution >= 0.6 is 0 Å². The predicted molar refractivity (Wildman–Crippen MR) is 249 cm³/mol. The molecule has 61 heavy (non-hydrogen) atoms. The predicted octanol–water partition coefficient (Wildman–Crippen LogP) is 14.2. The lowest BCUT2D eigenvalue weighted by Crippen LogP contribution is -2.29. The number of nitrogens with zero attached hydrogens (tertiary/aromatic N) is 3. The number of benzene rings is 9. The Morgan fingerprint density at radius 1 is 0.213 bits per heavy atom. The Kier molecular flexibility index (Phi) is 8.07. The van der Waals surface area contributed by atoms with Crippen LogP contribution in [0.1, 0.15) is 22.3 Å². The van der Waals surface area contributed by atoms with Crippen molar-refractivity contribution in [2.45, 2.75) is 5.41 Å². The van der Waals surface area contributed by atoms with E-state index in [-0.39, 0.29) is 0 Å². The molecule has 0 atom stereocenters. The zero-order chi connectivity index (χ0) is 40.3. The van der Waals surface area contributed by atoms with Gasteiger partial charge in [0.05, 0.1) is 5.41 Å². The number of rotatable bonds is 5. The third-order valence-electron chi connectivity index (χ3n) is 12.6. The fourth-order valence-corrected chi connectivity index (χ4v) is 9.89. The van der Waals surface area contributed by atoms with E-state index < -0.39 is 5.41 Å². The van der Waals surface area contributed by atoms with Crippen LogP contribution in [0, 0.1) is 0 Å². The molecule has 0 saturated carbocycles. The first kappa shape index (κ1) is 35.0. The summed E-state index contributed by atoms with van der Waals surface area (Å²) in [4.78, 5) is 15.8. The van der Waals surface area contributed by atoms with Gasteiger partial charge in [-0.3, -0.25) is 0 Å². The highest BCUT2D eigenvalue weighted by Gasteiger charge is 2.49. The molecule has 1 heterocycles. The lowest BCUT2D eigenvalue weighted by Gasteiger charge is -2.35. The topological polar surface area (TPSA) is 38.7 Å². The molecule has 0 N–H and O–H groups in total. The Labute approximate surface area is 355 Å². The smallest absolute Gasteiger partial charge is 0.164 e. The molecule has 1 spiro atoms. The Hall–Kier alpha value is -8.01. The van der Waals surface area contributed by atoms with Crippen molar-refractivity contribution in [2.24, 2.45) is 0 Å². The lowest BCUT2D eigenvalue weighted by atomic mass is 9.66. The van der Waals surface area contributed by atoms with E-state index in [9.17, 15) is 0 Å². The van der Waals surface area contributed by atoms with Gasteiger partial charge in [-0.15, -0.1) is 0 Å². The van der Waals surface area contributed by atoms with Gasteiger partial charge < -0.3 is 0 Å². The van der Waals surface area contributed by atoms with Gasteiger partial charge in [0, 0.05) is 16.7 Å². The SMILES string of the molecule is c1ccc(-c2cccc(-c3nc(-c4cccc(-c5ccccc5)c4)nc(-c4ccc5c(c4)-c4ccccc4C54c5ccccc5-c5ccccc5-c5ccccc54)n3)c2)cc1. The monoisotopic (exact) mass is 775 g/mol. The van der Waals surface area contributed by atoms with Crippen LogP contribution in [0.2, 0.25) is 0 Å². The normalized spacial score (nSPS) is 12.7. The van der Waals surface area contributed by atoms with Crippen molar-refractivity contribution in [3.63, 3.8) is 0 Å². The molecule has 0 fully saturated rings. The molecule has 0 amide bonds. The Morgan fingerprint density at radius 3 is 1.00 bits per heavy atom. The van der Waals surface area contributed by atoms with Crippen LogP contribution in [0.5, 0.6) is 0 Å². The average molecular weight is 776 g/mol. The van der Waals surface area contributed by atoms with Gasteiger partial charge in [-0.1, -0.05) is 206 Å². The Bertz CT molecular complexity index is 3150. The van der Waals surface area contributed by atoms with Gasteiger partial charge in [0.1, 0.15) is 0 Å². The van der Waals surface area contributed by atoms with Gasteiger partial charge in [-0.05, 0) is 96.1 Å². The molecule has 0 aliphatic heterocycles. The number of fused-ring (bicyclic) bond motifs is 12. The van der Waals surface area contributed by atoms with Crippen LogP contribution < -0.4 is 0 Å². The van der Waals surface area contributed by atoms with Gasteiger partial charge in [0.2, 0.25) is 0 Å². The molecule has 0 radical (unpaired) electrons. The van der Waals surface area contributed by atoms with E-state index in [0.29, 0.717) is 17.5 Å². The summed E-state index contributed by atoms with van der Waals surface area (Å²) in [5.41, 5.74) is 19.3. The highest BCUT2D eigenvalue weighted by atomic mass is 15.0. The van der Waals surface area contributed by atoms with Crippen LogP contribution in [-0.4, -0.2) is 15.0 Å². The van der Waals surface area contributed by atoms with Crippen molar-refractivity contribution < 1.29 is 0 Å². The second-order valence-electron chi connectivity index (χ2n) is 15.9. The maximum atomic E-state index is 5.29. The van der Waals surface area contributed by atoms with E-state index in [1.807, 2.05) is 12.1 Å². The summed E-state index contributed by atoms with van der Waals surface area (Å²) in [7, 11) is 0. The third-order valence-corrected chi connectivity index (χ3v) is 12.6. The van der Waals surface area contributed by atoms with Crippen LogP contribution in [0.3, 0.4) is 0 Å². The first-order chi connectivity index (χ1) is 30.2. The van der Waals surface area contributed by atoms with Crippen LogP contribution in [0.4, 0.5) is 0 Å². The van der Waals surface area contributed by atoms with E-state index in [1.165, 1.54) is 55.6 Å². The van der Waals surface area contributed by atoms with Crippen molar-refractivity contribution in [2.75, 3.05) is 0 Å². The van der Waals surface area contributed by atoms with Gasteiger partial charge >= 0.3 is 0 Å². The van der Waals surface area contributed by atoms with Crippen molar-refractivity contribution in [3.05, 3.63) is 247 Å². The van der Waals surface area contributed by atoms with Gasteiger partial charge in [-0.25, -0.2) is 15.0 Å². The molecular weight excluding hydrogens is 739 g/mol. The molecule has 0 saturated heterocycles. The standard InChI is InChI=1S/C58H37N3/c1-3-17-38(18-4-1)40-21-15-23-42(35-40)55-59-56(43-24-16-22-41(36-43)39-19-5-2-6-20-39)61-57(60-55)44-33-34-54-50(37-44)49-29-11-14-32-53(49)58(54)51-30-12-9-27-47(51)45-25-7-8-26-46(45)48-28-10-13-31-52(48)58/h1-37H. The highest BCUT2D eigenvalue weighted by Crippen LogP contribution is 2.61. The summed E-state index contributed by atoms with van der Waals surface area (Å²) in [6, 6.07) is 80.6. The van der Waals surface area contributed by atoms with E-state index in [4.69, 9.17) is 15.0 Å². The second kappa shape index (κ2) is 14.1. The quantitative estimate of drug-likeness (QED) is 0.175. The molecule has 284 valence electrons.